The number of Topliss-reactive ketones (excluding diaryl/α,β-unsaturated/α-hetero) is 1. The predicted octanol–water partition coefficient (Wildman–Crippen LogP) is 2.42. The van der Waals surface area contributed by atoms with Crippen LogP contribution in [0.5, 0.6) is 0 Å². The molecule has 0 aromatic heterocycles. The highest BCUT2D eigenvalue weighted by molar-refractivity contribution is 8.00. The lowest BCUT2D eigenvalue weighted by Crippen LogP contribution is -2.29. The van der Waals surface area contributed by atoms with Crippen molar-refractivity contribution in [3.63, 3.8) is 0 Å². The number of nitrogens with zero attached hydrogens (tertiary/aromatic N) is 2. The van der Waals surface area contributed by atoms with Crippen molar-refractivity contribution in [2.75, 3.05) is 12.3 Å². The molecule has 1 heterocycles. The van der Waals surface area contributed by atoms with Gasteiger partial charge in [-0.2, -0.15) is 11.8 Å². The van der Waals surface area contributed by atoms with E-state index in [1.54, 1.807) is 6.07 Å². The summed E-state index contributed by atoms with van der Waals surface area (Å²) in [5.41, 5.74) is 0.459. The summed E-state index contributed by atoms with van der Waals surface area (Å²) in [6, 6.07) is 5.90. The highest BCUT2D eigenvalue weighted by Gasteiger charge is 2.33. The van der Waals surface area contributed by atoms with Crippen LogP contribution in [0.1, 0.15) is 24.3 Å². The molecule has 2 rings (SSSR count). The second-order valence-electron chi connectivity index (χ2n) is 4.88. The van der Waals surface area contributed by atoms with Gasteiger partial charge in [0.2, 0.25) is 6.54 Å². The molecular formula is C13H14N2O5S. The zero-order chi connectivity index (χ0) is 15.4. The van der Waals surface area contributed by atoms with Gasteiger partial charge in [-0.15, -0.1) is 0 Å². The minimum absolute atomic E-state index is 0.0898. The summed E-state index contributed by atoms with van der Waals surface area (Å²) in [5.74, 6) is 0.249. The minimum Gasteiger partial charge on any atom is -0.300 e. The molecule has 0 amide bonds. The van der Waals surface area contributed by atoms with Gasteiger partial charge < -0.3 is 0 Å². The Morgan fingerprint density at radius 3 is 2.71 bits per heavy atom. The number of ketones is 1. The molecule has 1 aromatic rings. The lowest BCUT2D eigenvalue weighted by atomic mass is 9.91. The Hall–Kier alpha value is -1.96. The fourth-order valence-electron chi connectivity index (χ4n) is 2.44. The average Bonchev–Trinajstić information content (AvgIpc) is 2.44. The molecule has 21 heavy (non-hydrogen) atoms. The number of nitro groups is 2. The molecule has 7 nitrogen and oxygen atoms in total. The second-order valence-corrected chi connectivity index (χ2v) is 6.22. The van der Waals surface area contributed by atoms with Crippen LogP contribution < -0.4 is 0 Å². The normalized spacial score (nSPS) is 20.0. The van der Waals surface area contributed by atoms with E-state index in [0.29, 0.717) is 17.7 Å². The number of carbonyl (C=O) groups is 1. The Labute approximate surface area is 125 Å². The Kier molecular flexibility index (Phi) is 4.89. The quantitative estimate of drug-likeness (QED) is 0.611. The van der Waals surface area contributed by atoms with Crippen LogP contribution >= 0.6 is 11.8 Å². The largest absolute Gasteiger partial charge is 0.300 e. The second kappa shape index (κ2) is 6.66. The molecule has 0 bridgehead atoms. The van der Waals surface area contributed by atoms with E-state index in [0.717, 1.165) is 0 Å². The van der Waals surface area contributed by atoms with E-state index in [4.69, 9.17) is 0 Å². The van der Waals surface area contributed by atoms with Crippen molar-refractivity contribution in [2.24, 2.45) is 0 Å². The predicted molar refractivity (Wildman–Crippen MR) is 78.2 cm³/mol. The number of hydrogen-bond donors (Lipinski definition) is 0. The first-order valence-electron chi connectivity index (χ1n) is 6.47. The van der Waals surface area contributed by atoms with Crippen molar-refractivity contribution in [3.05, 3.63) is 50.1 Å². The van der Waals surface area contributed by atoms with E-state index in [1.165, 1.54) is 30.0 Å². The van der Waals surface area contributed by atoms with Crippen molar-refractivity contribution in [1.29, 1.82) is 0 Å². The lowest BCUT2D eigenvalue weighted by molar-refractivity contribution is -0.483. The van der Waals surface area contributed by atoms with Crippen LogP contribution in [0.25, 0.3) is 0 Å². The molecule has 2 atom stereocenters. The molecule has 0 unspecified atom stereocenters. The van der Waals surface area contributed by atoms with Crippen LogP contribution in [0.4, 0.5) is 5.69 Å². The van der Waals surface area contributed by atoms with E-state index < -0.39 is 15.8 Å². The Morgan fingerprint density at radius 1 is 1.33 bits per heavy atom. The van der Waals surface area contributed by atoms with Crippen LogP contribution in [-0.2, 0) is 4.79 Å². The third kappa shape index (κ3) is 4.01. The number of carbonyl (C=O) groups excluding carboxylic acids is 1. The maximum absolute atomic E-state index is 11.6. The molecule has 0 spiro atoms. The number of non-ortho nitro benzene ring substituents is 1. The standard InChI is InChI=1S/C13H14N2O5S/c16-11-4-5-21-13(7-11)12(8-14(17)18)9-2-1-3-10(6-9)15(19)20/h1-3,6,12-13H,4-5,7-8H2/t12-,13-/m0/s1. The Bertz CT molecular complexity index is 577. The number of rotatable bonds is 5. The van der Waals surface area contributed by atoms with Crippen molar-refractivity contribution in [3.8, 4) is 0 Å². The molecule has 1 fully saturated rings. The van der Waals surface area contributed by atoms with Crippen molar-refractivity contribution in [2.45, 2.75) is 24.0 Å². The Balaban J connectivity index is 2.30. The van der Waals surface area contributed by atoms with Gasteiger partial charge in [0.1, 0.15) is 5.78 Å². The van der Waals surface area contributed by atoms with Gasteiger partial charge in [-0.3, -0.25) is 25.0 Å². The van der Waals surface area contributed by atoms with Crippen LogP contribution in [0, 0.1) is 20.2 Å². The van der Waals surface area contributed by atoms with E-state index in [9.17, 15) is 25.0 Å². The first kappa shape index (κ1) is 15.4. The van der Waals surface area contributed by atoms with Crippen molar-refractivity contribution >= 4 is 23.2 Å². The van der Waals surface area contributed by atoms with Gasteiger partial charge in [0.25, 0.3) is 5.69 Å². The van der Waals surface area contributed by atoms with Gasteiger partial charge in [-0.25, -0.2) is 0 Å². The molecule has 0 N–H and O–H groups in total. The maximum atomic E-state index is 11.6. The SMILES string of the molecule is O=C1CCS[C@H]([C@@H](C[N+](=O)[O-])c2cccc([N+](=O)[O-])c2)C1. The van der Waals surface area contributed by atoms with E-state index >= 15 is 0 Å². The summed E-state index contributed by atoms with van der Waals surface area (Å²) in [6.07, 6.45) is 0.771. The van der Waals surface area contributed by atoms with Crippen LogP contribution in [-0.4, -0.2) is 33.2 Å². The Morgan fingerprint density at radius 2 is 2.10 bits per heavy atom. The lowest BCUT2D eigenvalue weighted by Gasteiger charge is -2.26. The molecule has 112 valence electrons. The summed E-state index contributed by atoms with van der Waals surface area (Å²) in [7, 11) is 0. The van der Waals surface area contributed by atoms with Crippen LogP contribution in [0.15, 0.2) is 24.3 Å². The van der Waals surface area contributed by atoms with Gasteiger partial charge in [0, 0.05) is 40.9 Å². The number of hydrogen-bond acceptors (Lipinski definition) is 6. The van der Waals surface area contributed by atoms with E-state index in [2.05, 4.69) is 0 Å². The average molecular weight is 310 g/mol. The highest BCUT2D eigenvalue weighted by atomic mass is 32.2. The summed E-state index contributed by atoms with van der Waals surface area (Å²) in [5, 5.41) is 21.5. The molecule has 0 aliphatic carbocycles. The fraction of sp³-hybridized carbons (Fsp3) is 0.462. The molecule has 0 radical (unpaired) electrons. The van der Waals surface area contributed by atoms with Gasteiger partial charge >= 0.3 is 0 Å². The van der Waals surface area contributed by atoms with Crippen LogP contribution in [0.3, 0.4) is 0 Å². The molecule has 1 saturated heterocycles. The number of thioether (sulfide) groups is 1. The zero-order valence-corrected chi connectivity index (χ0v) is 12.0. The maximum Gasteiger partial charge on any atom is 0.269 e. The van der Waals surface area contributed by atoms with Crippen molar-refractivity contribution < 1.29 is 14.6 Å². The fourth-order valence-corrected chi connectivity index (χ4v) is 3.86. The third-order valence-electron chi connectivity index (χ3n) is 3.45. The van der Waals surface area contributed by atoms with Gasteiger partial charge in [0.15, 0.2) is 0 Å². The monoisotopic (exact) mass is 310 g/mol. The third-order valence-corrected chi connectivity index (χ3v) is 4.81. The molecular weight excluding hydrogens is 296 g/mol. The molecule has 0 saturated carbocycles. The minimum atomic E-state index is -0.522. The number of benzene rings is 1. The zero-order valence-electron chi connectivity index (χ0n) is 11.1. The summed E-state index contributed by atoms with van der Waals surface area (Å²) in [4.78, 5) is 32.4. The first-order valence-corrected chi connectivity index (χ1v) is 7.51. The molecule has 1 aliphatic rings. The molecule has 1 aliphatic heterocycles. The van der Waals surface area contributed by atoms with Crippen LogP contribution in [0.2, 0.25) is 0 Å². The first-order chi connectivity index (χ1) is 9.97. The highest BCUT2D eigenvalue weighted by Crippen LogP contribution is 2.36. The van der Waals surface area contributed by atoms with Crippen molar-refractivity contribution in [1.82, 2.24) is 0 Å². The van der Waals surface area contributed by atoms with Gasteiger partial charge in [-0.05, 0) is 5.56 Å². The summed E-state index contributed by atoms with van der Waals surface area (Å²) in [6.45, 7) is -0.327. The van der Waals surface area contributed by atoms with E-state index in [1.807, 2.05) is 0 Å². The molecule has 1 aromatic carbocycles. The number of nitro benzene ring substituents is 1. The van der Waals surface area contributed by atoms with Gasteiger partial charge in [-0.1, -0.05) is 12.1 Å². The van der Waals surface area contributed by atoms with E-state index in [-0.39, 0.29) is 29.7 Å². The molecule has 8 heteroatoms. The van der Waals surface area contributed by atoms with Gasteiger partial charge in [0.05, 0.1) is 10.8 Å². The summed E-state index contributed by atoms with van der Waals surface area (Å²) < 4.78 is 0. The summed E-state index contributed by atoms with van der Waals surface area (Å²) >= 11 is 1.53. The topological polar surface area (TPSA) is 103 Å². The smallest absolute Gasteiger partial charge is 0.269 e.